The van der Waals surface area contributed by atoms with Gasteiger partial charge in [0.05, 0.1) is 6.04 Å². The first kappa shape index (κ1) is 19.4. The second-order valence-corrected chi connectivity index (χ2v) is 7.91. The Morgan fingerprint density at radius 2 is 1.81 bits per heavy atom. The third-order valence-corrected chi connectivity index (χ3v) is 5.28. The standard InChI is InChI=1S/C23H31N3O/c1-6-7-11-20-21-18(17-10-8-9-12-19(17)25-20)13-14-24-22(21)23(27)26(15(2)3)16(4)5/h8-10,12-16,20,25H,6-7,11H2,1-5H3. The molecule has 0 bridgehead atoms. The number of pyridine rings is 1. The number of nitrogens with zero attached hydrogens (tertiary/aromatic N) is 2. The largest absolute Gasteiger partial charge is 0.378 e. The number of aromatic nitrogens is 1. The van der Waals surface area contributed by atoms with Crippen LogP contribution in [0, 0.1) is 0 Å². The number of nitrogens with one attached hydrogen (secondary N) is 1. The summed E-state index contributed by atoms with van der Waals surface area (Å²) >= 11 is 0. The number of hydrogen-bond acceptors (Lipinski definition) is 3. The molecule has 4 nitrogen and oxygen atoms in total. The number of unbranched alkanes of at least 4 members (excludes halogenated alkanes) is 1. The maximum Gasteiger partial charge on any atom is 0.273 e. The highest BCUT2D eigenvalue weighted by molar-refractivity contribution is 5.98. The molecule has 1 aliphatic heterocycles. The lowest BCUT2D eigenvalue weighted by Gasteiger charge is -2.34. The Kier molecular flexibility index (Phi) is 5.83. The summed E-state index contributed by atoms with van der Waals surface area (Å²) in [5.74, 6) is 0.0273. The van der Waals surface area contributed by atoms with Gasteiger partial charge in [-0.2, -0.15) is 0 Å². The SMILES string of the molecule is CCCCC1Nc2ccccc2-c2ccnc(C(=O)N(C(C)C)C(C)C)c21. The minimum absolute atomic E-state index is 0.0273. The molecular weight excluding hydrogens is 334 g/mol. The Balaban J connectivity index is 2.14. The molecule has 2 aromatic rings. The molecule has 4 heteroatoms. The van der Waals surface area contributed by atoms with Crippen LogP contribution in [0.15, 0.2) is 36.5 Å². The van der Waals surface area contributed by atoms with E-state index < -0.39 is 0 Å². The van der Waals surface area contributed by atoms with Crippen molar-refractivity contribution in [2.24, 2.45) is 0 Å². The van der Waals surface area contributed by atoms with E-state index in [4.69, 9.17) is 0 Å². The van der Waals surface area contributed by atoms with E-state index in [1.54, 1.807) is 6.20 Å². The van der Waals surface area contributed by atoms with Gasteiger partial charge in [0.1, 0.15) is 5.69 Å². The van der Waals surface area contributed by atoms with Crippen LogP contribution >= 0.6 is 0 Å². The molecule has 0 fully saturated rings. The van der Waals surface area contributed by atoms with Crippen LogP contribution in [0.25, 0.3) is 11.1 Å². The van der Waals surface area contributed by atoms with Gasteiger partial charge in [0.25, 0.3) is 5.91 Å². The van der Waals surface area contributed by atoms with Gasteiger partial charge in [0.2, 0.25) is 0 Å². The van der Waals surface area contributed by atoms with Gasteiger partial charge in [-0.25, -0.2) is 0 Å². The fourth-order valence-corrected chi connectivity index (χ4v) is 4.15. The van der Waals surface area contributed by atoms with Gasteiger partial charge < -0.3 is 10.2 Å². The van der Waals surface area contributed by atoms with E-state index in [2.05, 4.69) is 69.2 Å². The van der Waals surface area contributed by atoms with Crippen molar-refractivity contribution in [3.05, 3.63) is 47.8 Å². The lowest BCUT2D eigenvalue weighted by Crippen LogP contribution is -2.43. The minimum atomic E-state index is 0.0273. The monoisotopic (exact) mass is 365 g/mol. The summed E-state index contributed by atoms with van der Waals surface area (Å²) in [5, 5.41) is 3.67. The van der Waals surface area contributed by atoms with Crippen LogP contribution < -0.4 is 5.32 Å². The first-order chi connectivity index (χ1) is 13.0. The number of rotatable bonds is 6. The van der Waals surface area contributed by atoms with Crippen molar-refractivity contribution >= 4 is 11.6 Å². The predicted molar refractivity (Wildman–Crippen MR) is 112 cm³/mol. The number of anilines is 1. The molecule has 27 heavy (non-hydrogen) atoms. The van der Waals surface area contributed by atoms with E-state index in [0.717, 1.165) is 41.6 Å². The molecule has 0 radical (unpaired) electrons. The lowest BCUT2D eigenvalue weighted by atomic mass is 9.86. The molecule has 0 saturated heterocycles. The molecule has 0 saturated carbocycles. The molecule has 2 heterocycles. The van der Waals surface area contributed by atoms with E-state index in [1.165, 1.54) is 0 Å². The molecule has 1 aromatic heterocycles. The predicted octanol–water partition coefficient (Wildman–Crippen LogP) is 5.66. The molecule has 3 rings (SSSR count). The molecular formula is C23H31N3O. The first-order valence-electron chi connectivity index (χ1n) is 10.1. The zero-order chi connectivity index (χ0) is 19.6. The summed E-state index contributed by atoms with van der Waals surface area (Å²) in [5.41, 5.74) is 5.08. The highest BCUT2D eigenvalue weighted by Gasteiger charge is 2.32. The van der Waals surface area contributed by atoms with Crippen LogP contribution in [-0.2, 0) is 0 Å². The molecule has 0 spiro atoms. The zero-order valence-corrected chi connectivity index (χ0v) is 17.1. The van der Waals surface area contributed by atoms with Crippen molar-refractivity contribution in [3.63, 3.8) is 0 Å². The summed E-state index contributed by atoms with van der Waals surface area (Å²) in [6, 6.07) is 10.8. The second-order valence-electron chi connectivity index (χ2n) is 7.91. The number of benzene rings is 1. The third kappa shape index (κ3) is 3.71. The molecule has 1 N–H and O–H groups in total. The fourth-order valence-electron chi connectivity index (χ4n) is 4.15. The van der Waals surface area contributed by atoms with Crippen LogP contribution in [0.4, 0.5) is 5.69 Å². The summed E-state index contributed by atoms with van der Waals surface area (Å²) in [6.45, 7) is 10.5. The fraction of sp³-hybridized carbons (Fsp3) is 0.478. The number of carbonyl (C=O) groups is 1. The van der Waals surface area contributed by atoms with Crippen molar-refractivity contribution in [1.82, 2.24) is 9.88 Å². The Morgan fingerprint density at radius 3 is 2.48 bits per heavy atom. The van der Waals surface area contributed by atoms with Gasteiger partial charge in [0, 0.05) is 35.1 Å². The number of amides is 1. The van der Waals surface area contributed by atoms with Gasteiger partial charge in [-0.15, -0.1) is 0 Å². The Hall–Kier alpha value is -2.36. The lowest BCUT2D eigenvalue weighted by molar-refractivity contribution is 0.0635. The van der Waals surface area contributed by atoms with Gasteiger partial charge in [0.15, 0.2) is 0 Å². The molecule has 1 amide bonds. The molecule has 144 valence electrons. The number of carbonyl (C=O) groups excluding carboxylic acids is 1. The van der Waals surface area contributed by atoms with Crippen LogP contribution in [0.5, 0.6) is 0 Å². The molecule has 1 aliphatic rings. The van der Waals surface area contributed by atoms with Crippen LogP contribution in [0.3, 0.4) is 0 Å². The summed E-state index contributed by atoms with van der Waals surface area (Å²) in [7, 11) is 0. The topological polar surface area (TPSA) is 45.2 Å². The highest BCUT2D eigenvalue weighted by Crippen LogP contribution is 2.43. The van der Waals surface area contributed by atoms with Gasteiger partial charge in [-0.05, 0) is 51.8 Å². The van der Waals surface area contributed by atoms with E-state index in [0.29, 0.717) is 5.69 Å². The average Bonchev–Trinajstić information content (AvgIpc) is 2.65. The highest BCUT2D eigenvalue weighted by atomic mass is 16.2. The van der Waals surface area contributed by atoms with Crippen molar-refractivity contribution in [3.8, 4) is 11.1 Å². The summed E-state index contributed by atoms with van der Waals surface area (Å²) in [6.07, 6.45) is 5.01. The van der Waals surface area contributed by atoms with E-state index in [9.17, 15) is 4.79 Å². The smallest absolute Gasteiger partial charge is 0.273 e. The van der Waals surface area contributed by atoms with E-state index in [1.807, 2.05) is 11.0 Å². The second kappa shape index (κ2) is 8.12. The zero-order valence-electron chi connectivity index (χ0n) is 17.1. The number of hydrogen-bond donors (Lipinski definition) is 1. The molecule has 1 unspecified atom stereocenters. The van der Waals surface area contributed by atoms with Gasteiger partial charge >= 0.3 is 0 Å². The Morgan fingerprint density at radius 1 is 1.11 bits per heavy atom. The summed E-state index contributed by atoms with van der Waals surface area (Å²) in [4.78, 5) is 20.0. The number of para-hydroxylation sites is 1. The normalized spacial score (nSPS) is 15.3. The number of fused-ring (bicyclic) bond motifs is 3. The molecule has 1 aromatic carbocycles. The maximum absolute atomic E-state index is 13.5. The van der Waals surface area contributed by atoms with Gasteiger partial charge in [-0.1, -0.05) is 38.0 Å². The van der Waals surface area contributed by atoms with E-state index in [-0.39, 0.29) is 24.0 Å². The Labute approximate surface area is 163 Å². The average molecular weight is 366 g/mol. The first-order valence-corrected chi connectivity index (χ1v) is 10.1. The summed E-state index contributed by atoms with van der Waals surface area (Å²) < 4.78 is 0. The Bertz CT molecular complexity index is 805. The quantitative estimate of drug-likeness (QED) is 0.718. The molecule has 0 aliphatic carbocycles. The minimum Gasteiger partial charge on any atom is -0.378 e. The molecule has 1 atom stereocenters. The third-order valence-electron chi connectivity index (χ3n) is 5.28. The van der Waals surface area contributed by atoms with E-state index >= 15 is 0 Å². The van der Waals surface area contributed by atoms with Crippen molar-refractivity contribution in [1.29, 1.82) is 0 Å². The van der Waals surface area contributed by atoms with Gasteiger partial charge in [-0.3, -0.25) is 9.78 Å². The van der Waals surface area contributed by atoms with Crippen molar-refractivity contribution in [2.45, 2.75) is 72.0 Å². The maximum atomic E-state index is 13.5. The van der Waals surface area contributed by atoms with Crippen LogP contribution in [-0.4, -0.2) is 27.9 Å². The van der Waals surface area contributed by atoms with Crippen LogP contribution in [0.1, 0.15) is 76.0 Å². The van der Waals surface area contributed by atoms with Crippen molar-refractivity contribution in [2.75, 3.05) is 5.32 Å². The van der Waals surface area contributed by atoms with Crippen molar-refractivity contribution < 1.29 is 4.79 Å². The van der Waals surface area contributed by atoms with Crippen LogP contribution in [0.2, 0.25) is 0 Å².